The molecule has 2 fully saturated rings. The van der Waals surface area contributed by atoms with Gasteiger partial charge in [-0.3, -0.25) is 19.6 Å². The van der Waals surface area contributed by atoms with Gasteiger partial charge in [-0.05, 0) is 38.3 Å². The number of amides is 2. The molecule has 2 aliphatic rings. The standard InChI is InChI=1S/C20H23N5O3/c1-14-17(6-2-8-22-14)28-18-12-21-11-15(23-18)16-5-3-10-25(16)20(27)13-24-9-4-7-19(24)26/h2,6,8,11-12,16H,3-5,7,9-10,13H2,1H3. The third-order valence-corrected chi connectivity index (χ3v) is 5.22. The minimum absolute atomic E-state index is 0.0334. The number of carbonyl (C=O) groups excluding carboxylic acids is 2. The minimum Gasteiger partial charge on any atom is -0.436 e. The fourth-order valence-corrected chi connectivity index (χ4v) is 3.76. The average molecular weight is 381 g/mol. The van der Waals surface area contributed by atoms with Gasteiger partial charge >= 0.3 is 0 Å². The van der Waals surface area contributed by atoms with E-state index in [0.717, 1.165) is 25.0 Å². The van der Waals surface area contributed by atoms with Crippen molar-refractivity contribution in [3.05, 3.63) is 42.1 Å². The number of carbonyl (C=O) groups is 2. The van der Waals surface area contributed by atoms with Crippen LogP contribution < -0.4 is 4.74 Å². The number of aryl methyl sites for hydroxylation is 1. The highest BCUT2D eigenvalue weighted by molar-refractivity contribution is 5.86. The molecule has 0 saturated carbocycles. The lowest BCUT2D eigenvalue weighted by Crippen LogP contribution is -2.40. The topological polar surface area (TPSA) is 88.5 Å². The molecule has 0 radical (unpaired) electrons. The van der Waals surface area contributed by atoms with Gasteiger partial charge in [-0.25, -0.2) is 4.98 Å². The van der Waals surface area contributed by atoms with Crippen LogP contribution in [0.25, 0.3) is 0 Å². The van der Waals surface area contributed by atoms with Crippen molar-refractivity contribution in [1.29, 1.82) is 0 Å². The van der Waals surface area contributed by atoms with E-state index >= 15 is 0 Å². The van der Waals surface area contributed by atoms with Gasteiger partial charge in [0.25, 0.3) is 0 Å². The summed E-state index contributed by atoms with van der Waals surface area (Å²) in [6, 6.07) is 3.49. The molecule has 2 aliphatic heterocycles. The number of pyridine rings is 1. The second kappa shape index (κ2) is 7.92. The van der Waals surface area contributed by atoms with Gasteiger partial charge in [-0.15, -0.1) is 0 Å². The summed E-state index contributed by atoms with van der Waals surface area (Å²) in [5, 5.41) is 0. The Morgan fingerprint density at radius 2 is 2.18 bits per heavy atom. The molecule has 2 aromatic rings. The number of hydrogen-bond acceptors (Lipinski definition) is 6. The molecule has 0 N–H and O–H groups in total. The lowest BCUT2D eigenvalue weighted by Gasteiger charge is -2.26. The minimum atomic E-state index is -0.142. The first-order valence-electron chi connectivity index (χ1n) is 9.60. The molecule has 2 saturated heterocycles. The monoisotopic (exact) mass is 381 g/mol. The summed E-state index contributed by atoms with van der Waals surface area (Å²) in [5.41, 5.74) is 1.47. The molecule has 1 atom stereocenters. The quantitative estimate of drug-likeness (QED) is 0.789. The SMILES string of the molecule is Cc1ncccc1Oc1cncc(C2CCCN2C(=O)CN2CCCC2=O)n1. The second-order valence-corrected chi connectivity index (χ2v) is 7.14. The Bertz CT molecular complexity index is 888. The molecule has 2 aromatic heterocycles. The number of aromatic nitrogens is 3. The maximum absolute atomic E-state index is 12.8. The largest absolute Gasteiger partial charge is 0.436 e. The van der Waals surface area contributed by atoms with Gasteiger partial charge in [0.05, 0.1) is 36.4 Å². The Morgan fingerprint density at radius 1 is 1.29 bits per heavy atom. The molecule has 146 valence electrons. The maximum Gasteiger partial charge on any atom is 0.242 e. The van der Waals surface area contributed by atoms with Crippen molar-refractivity contribution in [3.63, 3.8) is 0 Å². The molecule has 4 rings (SSSR count). The van der Waals surface area contributed by atoms with E-state index in [1.807, 2.05) is 17.9 Å². The fraction of sp³-hybridized carbons (Fsp3) is 0.450. The van der Waals surface area contributed by atoms with E-state index in [2.05, 4.69) is 15.0 Å². The van der Waals surface area contributed by atoms with Gasteiger partial charge in [-0.1, -0.05) is 0 Å². The van der Waals surface area contributed by atoms with Crippen LogP contribution in [-0.4, -0.2) is 56.2 Å². The number of ether oxygens (including phenoxy) is 1. The van der Waals surface area contributed by atoms with Gasteiger partial charge in [0, 0.05) is 25.7 Å². The maximum atomic E-state index is 12.8. The van der Waals surface area contributed by atoms with Crippen LogP contribution in [0.5, 0.6) is 11.6 Å². The molecule has 8 nitrogen and oxygen atoms in total. The van der Waals surface area contributed by atoms with Crippen molar-refractivity contribution >= 4 is 11.8 Å². The number of likely N-dealkylation sites (tertiary alicyclic amines) is 2. The van der Waals surface area contributed by atoms with E-state index < -0.39 is 0 Å². The van der Waals surface area contributed by atoms with Crippen LogP contribution >= 0.6 is 0 Å². The summed E-state index contributed by atoms with van der Waals surface area (Å²) >= 11 is 0. The lowest BCUT2D eigenvalue weighted by molar-refractivity contribution is -0.139. The van der Waals surface area contributed by atoms with E-state index in [9.17, 15) is 9.59 Å². The average Bonchev–Trinajstić information content (AvgIpc) is 3.33. The summed E-state index contributed by atoms with van der Waals surface area (Å²) in [6.07, 6.45) is 8.03. The van der Waals surface area contributed by atoms with Crippen LogP contribution in [0.15, 0.2) is 30.7 Å². The van der Waals surface area contributed by atoms with E-state index in [0.29, 0.717) is 36.8 Å². The molecule has 2 amide bonds. The molecular weight excluding hydrogens is 358 g/mol. The molecular formula is C20H23N5O3. The molecule has 4 heterocycles. The van der Waals surface area contributed by atoms with E-state index in [-0.39, 0.29) is 24.4 Å². The Kier molecular flexibility index (Phi) is 5.18. The highest BCUT2D eigenvalue weighted by atomic mass is 16.5. The first kappa shape index (κ1) is 18.3. The summed E-state index contributed by atoms with van der Waals surface area (Å²) in [7, 11) is 0. The van der Waals surface area contributed by atoms with Gasteiger partial charge in [-0.2, -0.15) is 0 Å². The highest BCUT2D eigenvalue weighted by Gasteiger charge is 2.33. The third-order valence-electron chi connectivity index (χ3n) is 5.22. The van der Waals surface area contributed by atoms with Crippen molar-refractivity contribution in [2.45, 2.75) is 38.6 Å². The molecule has 28 heavy (non-hydrogen) atoms. The lowest BCUT2D eigenvalue weighted by atomic mass is 10.1. The fourth-order valence-electron chi connectivity index (χ4n) is 3.76. The van der Waals surface area contributed by atoms with Gasteiger partial charge in [0.1, 0.15) is 0 Å². The van der Waals surface area contributed by atoms with E-state index in [1.54, 1.807) is 29.6 Å². The summed E-state index contributed by atoms with van der Waals surface area (Å²) < 4.78 is 5.83. The molecule has 0 spiro atoms. The van der Waals surface area contributed by atoms with Crippen LogP contribution in [0.3, 0.4) is 0 Å². The zero-order chi connectivity index (χ0) is 19.5. The van der Waals surface area contributed by atoms with Crippen molar-refractivity contribution in [3.8, 4) is 11.6 Å². The Labute approximate surface area is 163 Å². The van der Waals surface area contributed by atoms with Crippen LogP contribution in [0.2, 0.25) is 0 Å². The summed E-state index contributed by atoms with van der Waals surface area (Å²) in [4.78, 5) is 41.1. The summed E-state index contributed by atoms with van der Waals surface area (Å²) in [5.74, 6) is 1.03. The van der Waals surface area contributed by atoms with Crippen molar-refractivity contribution in [1.82, 2.24) is 24.8 Å². The number of hydrogen-bond donors (Lipinski definition) is 0. The predicted octanol–water partition coefficient (Wildman–Crippen LogP) is 2.26. The second-order valence-electron chi connectivity index (χ2n) is 7.14. The zero-order valence-corrected chi connectivity index (χ0v) is 15.9. The predicted molar refractivity (Wildman–Crippen MR) is 101 cm³/mol. The molecule has 0 bridgehead atoms. The van der Waals surface area contributed by atoms with Gasteiger partial charge < -0.3 is 14.5 Å². The van der Waals surface area contributed by atoms with Crippen LogP contribution in [-0.2, 0) is 9.59 Å². The van der Waals surface area contributed by atoms with E-state index in [1.165, 1.54) is 0 Å². The Morgan fingerprint density at radius 3 is 2.96 bits per heavy atom. The zero-order valence-electron chi connectivity index (χ0n) is 15.9. The normalized spacial score (nSPS) is 19.3. The Hall–Kier alpha value is -3.03. The Balaban J connectivity index is 1.49. The van der Waals surface area contributed by atoms with Gasteiger partial charge in [0.15, 0.2) is 5.75 Å². The van der Waals surface area contributed by atoms with Crippen LogP contribution in [0.1, 0.15) is 43.1 Å². The van der Waals surface area contributed by atoms with Crippen LogP contribution in [0.4, 0.5) is 0 Å². The van der Waals surface area contributed by atoms with Gasteiger partial charge in [0.2, 0.25) is 17.7 Å². The third kappa shape index (κ3) is 3.81. The molecule has 1 unspecified atom stereocenters. The number of rotatable bonds is 5. The first-order valence-corrected chi connectivity index (χ1v) is 9.60. The smallest absolute Gasteiger partial charge is 0.242 e. The highest BCUT2D eigenvalue weighted by Crippen LogP contribution is 2.32. The van der Waals surface area contributed by atoms with Crippen molar-refractivity contribution in [2.24, 2.45) is 0 Å². The number of nitrogens with zero attached hydrogens (tertiary/aromatic N) is 5. The van der Waals surface area contributed by atoms with Crippen LogP contribution in [0, 0.1) is 6.92 Å². The molecule has 8 heteroatoms. The van der Waals surface area contributed by atoms with Crippen molar-refractivity contribution in [2.75, 3.05) is 19.6 Å². The summed E-state index contributed by atoms with van der Waals surface area (Å²) in [6.45, 7) is 3.34. The first-order chi connectivity index (χ1) is 13.6. The van der Waals surface area contributed by atoms with E-state index in [4.69, 9.17) is 4.74 Å². The molecule has 0 aliphatic carbocycles. The van der Waals surface area contributed by atoms with Crippen molar-refractivity contribution < 1.29 is 14.3 Å². The molecule has 0 aromatic carbocycles.